The maximum Gasteiger partial charge on any atom is 0.248 e. The highest BCUT2D eigenvalue weighted by molar-refractivity contribution is 9.10. The van der Waals surface area contributed by atoms with Crippen molar-refractivity contribution in [3.8, 4) is 11.5 Å². The molecular weight excluding hydrogens is 382 g/mol. The van der Waals surface area contributed by atoms with E-state index in [4.69, 9.17) is 9.47 Å². The number of hydrogen-bond acceptors (Lipinski definition) is 3. The van der Waals surface area contributed by atoms with E-state index in [0.29, 0.717) is 24.7 Å². The van der Waals surface area contributed by atoms with Crippen LogP contribution in [0, 0.1) is 6.92 Å². The summed E-state index contributed by atoms with van der Waals surface area (Å²) >= 11 is 3.45. The topological polar surface area (TPSA) is 47.6 Å². The Morgan fingerprint density at radius 3 is 2.48 bits per heavy atom. The van der Waals surface area contributed by atoms with E-state index < -0.39 is 0 Å². The summed E-state index contributed by atoms with van der Waals surface area (Å²) < 4.78 is 12.0. The van der Waals surface area contributed by atoms with Crippen molar-refractivity contribution in [1.29, 1.82) is 0 Å². The summed E-state index contributed by atoms with van der Waals surface area (Å²) in [6.45, 7) is 6.97. The van der Waals surface area contributed by atoms with Crippen molar-refractivity contribution in [3.05, 3.63) is 58.1 Å². The van der Waals surface area contributed by atoms with E-state index >= 15 is 0 Å². The molecule has 132 valence electrons. The molecule has 0 aliphatic rings. The molecule has 1 amide bonds. The molecule has 0 atom stereocenters. The standard InChI is InChI=1S/C20H22BrNO3/c1-4-24-18-10-7-15(13-19(18)25-5-2)8-11-20(23)22-17-9-6-14(3)12-16(17)21/h6-13H,4-5H2,1-3H3,(H,22,23)/b11-8+. The van der Waals surface area contributed by atoms with Gasteiger partial charge >= 0.3 is 0 Å². The molecule has 0 heterocycles. The number of amides is 1. The monoisotopic (exact) mass is 403 g/mol. The van der Waals surface area contributed by atoms with Crippen LogP contribution in [0.5, 0.6) is 11.5 Å². The van der Waals surface area contributed by atoms with E-state index in [1.54, 1.807) is 6.08 Å². The van der Waals surface area contributed by atoms with Crippen LogP contribution >= 0.6 is 15.9 Å². The smallest absolute Gasteiger partial charge is 0.248 e. The molecule has 4 nitrogen and oxygen atoms in total. The highest BCUT2D eigenvalue weighted by Gasteiger charge is 2.06. The highest BCUT2D eigenvalue weighted by atomic mass is 79.9. The van der Waals surface area contributed by atoms with Crippen molar-refractivity contribution >= 4 is 33.6 Å². The zero-order valence-electron chi connectivity index (χ0n) is 14.6. The molecule has 0 saturated carbocycles. The maximum absolute atomic E-state index is 12.1. The van der Waals surface area contributed by atoms with Crippen molar-refractivity contribution in [2.75, 3.05) is 18.5 Å². The van der Waals surface area contributed by atoms with Gasteiger partial charge in [-0.2, -0.15) is 0 Å². The first-order valence-electron chi connectivity index (χ1n) is 8.18. The van der Waals surface area contributed by atoms with Crippen LogP contribution in [0.1, 0.15) is 25.0 Å². The quantitative estimate of drug-likeness (QED) is 0.645. The Morgan fingerprint density at radius 1 is 1.08 bits per heavy atom. The minimum Gasteiger partial charge on any atom is -0.490 e. The Kier molecular flexibility index (Phi) is 7.07. The second-order valence-corrected chi connectivity index (χ2v) is 6.23. The number of rotatable bonds is 7. The zero-order valence-corrected chi connectivity index (χ0v) is 16.2. The van der Waals surface area contributed by atoms with E-state index in [0.717, 1.165) is 21.3 Å². The van der Waals surface area contributed by atoms with E-state index in [9.17, 15) is 4.79 Å². The molecule has 2 rings (SSSR count). The maximum atomic E-state index is 12.1. The zero-order chi connectivity index (χ0) is 18.2. The van der Waals surface area contributed by atoms with Crippen LogP contribution in [0.3, 0.4) is 0 Å². The molecule has 0 aliphatic heterocycles. The second kappa shape index (κ2) is 9.28. The summed E-state index contributed by atoms with van der Waals surface area (Å²) in [6.07, 6.45) is 3.24. The number of benzene rings is 2. The van der Waals surface area contributed by atoms with Crippen molar-refractivity contribution < 1.29 is 14.3 Å². The summed E-state index contributed by atoms with van der Waals surface area (Å²) in [7, 11) is 0. The molecule has 1 N–H and O–H groups in total. The molecule has 2 aromatic rings. The van der Waals surface area contributed by atoms with Crippen molar-refractivity contribution in [2.24, 2.45) is 0 Å². The van der Waals surface area contributed by atoms with E-state index in [2.05, 4.69) is 21.2 Å². The lowest BCUT2D eigenvalue weighted by molar-refractivity contribution is -0.111. The summed E-state index contributed by atoms with van der Waals surface area (Å²) in [5.74, 6) is 1.18. The van der Waals surface area contributed by atoms with Crippen molar-refractivity contribution in [3.63, 3.8) is 0 Å². The van der Waals surface area contributed by atoms with Gasteiger partial charge in [-0.25, -0.2) is 0 Å². The van der Waals surface area contributed by atoms with Gasteiger partial charge in [0.1, 0.15) is 0 Å². The minimum absolute atomic E-state index is 0.198. The van der Waals surface area contributed by atoms with Crippen LogP contribution in [-0.2, 0) is 4.79 Å². The van der Waals surface area contributed by atoms with Gasteiger partial charge in [0.15, 0.2) is 11.5 Å². The number of anilines is 1. The third kappa shape index (κ3) is 5.64. The van der Waals surface area contributed by atoms with Gasteiger partial charge in [-0.3, -0.25) is 4.79 Å². The SMILES string of the molecule is CCOc1ccc(/C=C/C(=O)Nc2ccc(C)cc2Br)cc1OCC. The first-order chi connectivity index (χ1) is 12.0. The average molecular weight is 404 g/mol. The molecule has 0 spiro atoms. The number of ether oxygens (including phenoxy) is 2. The molecule has 25 heavy (non-hydrogen) atoms. The van der Waals surface area contributed by atoms with Gasteiger partial charge in [-0.15, -0.1) is 0 Å². The van der Waals surface area contributed by atoms with Gasteiger partial charge in [-0.1, -0.05) is 12.1 Å². The van der Waals surface area contributed by atoms with Crippen LogP contribution in [0.15, 0.2) is 46.9 Å². The lowest BCUT2D eigenvalue weighted by Crippen LogP contribution is -2.08. The van der Waals surface area contributed by atoms with E-state index in [1.807, 2.05) is 57.2 Å². The molecule has 0 aliphatic carbocycles. The van der Waals surface area contributed by atoms with Crippen LogP contribution in [-0.4, -0.2) is 19.1 Å². The Morgan fingerprint density at radius 2 is 1.80 bits per heavy atom. The van der Waals surface area contributed by atoms with Crippen LogP contribution < -0.4 is 14.8 Å². The number of carbonyl (C=O) groups is 1. The van der Waals surface area contributed by atoms with Crippen LogP contribution in [0.4, 0.5) is 5.69 Å². The third-order valence-electron chi connectivity index (χ3n) is 3.38. The molecule has 0 fully saturated rings. The van der Waals surface area contributed by atoms with Crippen LogP contribution in [0.25, 0.3) is 6.08 Å². The first-order valence-corrected chi connectivity index (χ1v) is 8.97. The Hall–Kier alpha value is -2.27. The number of carbonyl (C=O) groups excluding carboxylic acids is 1. The summed E-state index contributed by atoms with van der Waals surface area (Å²) in [4.78, 5) is 12.1. The number of aryl methyl sites for hydroxylation is 1. The number of halogens is 1. The lowest BCUT2D eigenvalue weighted by Gasteiger charge is -2.11. The summed E-state index contributed by atoms with van der Waals surface area (Å²) in [5, 5.41) is 2.85. The first kappa shape index (κ1) is 19.1. The molecule has 2 aromatic carbocycles. The van der Waals surface area contributed by atoms with Gasteiger partial charge in [0.25, 0.3) is 0 Å². The second-order valence-electron chi connectivity index (χ2n) is 5.38. The van der Waals surface area contributed by atoms with Gasteiger partial charge in [0.05, 0.1) is 18.9 Å². The van der Waals surface area contributed by atoms with Gasteiger partial charge in [0.2, 0.25) is 5.91 Å². The predicted octanol–water partition coefficient (Wildman–Crippen LogP) is 5.21. The van der Waals surface area contributed by atoms with E-state index in [1.165, 1.54) is 6.08 Å². The minimum atomic E-state index is -0.198. The Bertz CT molecular complexity index is 772. The molecule has 0 aromatic heterocycles. The third-order valence-corrected chi connectivity index (χ3v) is 4.03. The molecule has 0 radical (unpaired) electrons. The number of hydrogen-bond donors (Lipinski definition) is 1. The predicted molar refractivity (Wildman–Crippen MR) is 105 cm³/mol. The molecule has 0 saturated heterocycles. The molecule has 5 heteroatoms. The highest BCUT2D eigenvalue weighted by Crippen LogP contribution is 2.29. The van der Waals surface area contributed by atoms with Gasteiger partial charge in [-0.05, 0) is 78.2 Å². The van der Waals surface area contributed by atoms with Gasteiger partial charge < -0.3 is 14.8 Å². The summed E-state index contributed by atoms with van der Waals surface area (Å²) in [6, 6.07) is 11.4. The van der Waals surface area contributed by atoms with Crippen molar-refractivity contribution in [1.82, 2.24) is 0 Å². The number of nitrogens with one attached hydrogen (secondary N) is 1. The fraction of sp³-hybridized carbons (Fsp3) is 0.250. The fourth-order valence-electron chi connectivity index (χ4n) is 2.24. The fourth-order valence-corrected chi connectivity index (χ4v) is 2.83. The Balaban J connectivity index is 2.09. The normalized spacial score (nSPS) is 10.7. The van der Waals surface area contributed by atoms with Gasteiger partial charge in [0, 0.05) is 10.5 Å². The molecule has 0 unspecified atom stereocenters. The van der Waals surface area contributed by atoms with E-state index in [-0.39, 0.29) is 5.91 Å². The van der Waals surface area contributed by atoms with Crippen molar-refractivity contribution in [2.45, 2.75) is 20.8 Å². The average Bonchev–Trinajstić information content (AvgIpc) is 2.58. The largest absolute Gasteiger partial charge is 0.490 e. The molecule has 0 bridgehead atoms. The molecular formula is C20H22BrNO3. The lowest BCUT2D eigenvalue weighted by atomic mass is 10.2. The Labute approximate surface area is 157 Å². The van der Waals surface area contributed by atoms with Crippen LogP contribution in [0.2, 0.25) is 0 Å². The summed E-state index contributed by atoms with van der Waals surface area (Å²) in [5.41, 5.74) is 2.73.